The van der Waals surface area contributed by atoms with Gasteiger partial charge in [-0.15, -0.1) is 5.10 Å². The third-order valence-corrected chi connectivity index (χ3v) is 3.21. The first kappa shape index (κ1) is 11.6. The summed E-state index contributed by atoms with van der Waals surface area (Å²) in [5.41, 5.74) is 7.69. The van der Waals surface area contributed by atoms with E-state index in [1.54, 1.807) is 11.3 Å². The van der Waals surface area contributed by atoms with Crippen LogP contribution in [0.15, 0.2) is 17.1 Å². The lowest BCUT2D eigenvalue weighted by Crippen LogP contribution is -2.27. The minimum absolute atomic E-state index is 0.111. The van der Waals surface area contributed by atoms with E-state index in [0.717, 1.165) is 5.56 Å². The number of amides is 1. The number of carbonyl (C=O) groups excluding carboxylic acids is 1. The third kappa shape index (κ3) is 3.04. The van der Waals surface area contributed by atoms with E-state index in [1.165, 1.54) is 16.6 Å². The van der Waals surface area contributed by atoms with E-state index in [9.17, 15) is 4.79 Å². The Labute approximate surface area is 102 Å². The fraction of sp³-hybridized carbons (Fsp3) is 0.300. The minimum Gasteiger partial charge on any atom is -0.367 e. The zero-order valence-electron chi connectivity index (χ0n) is 9.38. The lowest BCUT2D eigenvalue weighted by molar-refractivity contribution is -0.122. The van der Waals surface area contributed by atoms with Gasteiger partial charge in [0.05, 0.1) is 0 Å². The van der Waals surface area contributed by atoms with Crippen molar-refractivity contribution in [1.82, 2.24) is 20.1 Å². The Kier molecular flexibility index (Phi) is 3.38. The summed E-state index contributed by atoms with van der Waals surface area (Å²) in [6, 6.07) is 0. The number of aromatic nitrogens is 3. The van der Waals surface area contributed by atoms with Gasteiger partial charge in [-0.3, -0.25) is 4.79 Å². The van der Waals surface area contributed by atoms with Gasteiger partial charge in [0.25, 0.3) is 0 Å². The quantitative estimate of drug-likeness (QED) is 0.830. The molecule has 2 rings (SSSR count). The Bertz CT molecular complexity index is 518. The molecule has 0 radical (unpaired) electrons. The zero-order chi connectivity index (χ0) is 12.3. The van der Waals surface area contributed by atoms with E-state index < -0.39 is 0 Å². The molecule has 7 heteroatoms. The highest BCUT2D eigenvalue weighted by Crippen LogP contribution is 2.12. The summed E-state index contributed by atoms with van der Waals surface area (Å²) in [7, 11) is 0. The van der Waals surface area contributed by atoms with Gasteiger partial charge in [-0.2, -0.15) is 11.3 Å². The highest BCUT2D eigenvalue weighted by Gasteiger charge is 2.05. The number of rotatable bonds is 4. The smallest absolute Gasteiger partial charge is 0.242 e. The van der Waals surface area contributed by atoms with E-state index in [0.29, 0.717) is 6.54 Å². The van der Waals surface area contributed by atoms with Gasteiger partial charge < -0.3 is 11.1 Å². The fourth-order valence-electron chi connectivity index (χ4n) is 1.35. The van der Waals surface area contributed by atoms with Crippen molar-refractivity contribution in [2.24, 2.45) is 0 Å². The number of anilines is 1. The van der Waals surface area contributed by atoms with Gasteiger partial charge in [-0.1, -0.05) is 0 Å². The van der Waals surface area contributed by atoms with Gasteiger partial charge in [0.15, 0.2) is 0 Å². The van der Waals surface area contributed by atoms with Gasteiger partial charge in [-0.05, 0) is 28.8 Å². The van der Waals surface area contributed by atoms with E-state index in [2.05, 4.69) is 20.8 Å². The van der Waals surface area contributed by atoms with Crippen LogP contribution >= 0.6 is 11.3 Å². The molecule has 0 atom stereocenters. The van der Waals surface area contributed by atoms with Gasteiger partial charge >= 0.3 is 0 Å². The molecule has 0 fully saturated rings. The Hall–Kier alpha value is -1.89. The average Bonchev–Trinajstić information content (AvgIpc) is 2.85. The molecule has 0 saturated carbocycles. The summed E-state index contributed by atoms with van der Waals surface area (Å²) in [5, 5.41) is 10.7. The zero-order valence-corrected chi connectivity index (χ0v) is 10.2. The molecule has 0 aliphatic carbocycles. The summed E-state index contributed by atoms with van der Waals surface area (Å²) in [6.07, 6.45) is 1.44. The maximum absolute atomic E-state index is 11.6. The summed E-state index contributed by atoms with van der Waals surface area (Å²) >= 11 is 1.63. The predicted molar refractivity (Wildman–Crippen MR) is 65.3 cm³/mol. The van der Waals surface area contributed by atoms with E-state index in [4.69, 9.17) is 5.73 Å². The topological polar surface area (TPSA) is 85.8 Å². The first-order chi connectivity index (χ1) is 8.15. The number of hydrogen-bond donors (Lipinski definition) is 2. The molecule has 0 aliphatic heterocycles. The average molecular weight is 251 g/mol. The molecule has 2 heterocycles. The second-order valence-electron chi connectivity index (χ2n) is 3.66. The number of nitrogen functional groups attached to an aromatic ring is 1. The fourth-order valence-corrected chi connectivity index (χ4v) is 2.21. The van der Waals surface area contributed by atoms with Crippen LogP contribution in [0.2, 0.25) is 0 Å². The molecule has 0 saturated heterocycles. The van der Waals surface area contributed by atoms with Crippen LogP contribution in [0.3, 0.4) is 0 Å². The third-order valence-electron chi connectivity index (χ3n) is 2.30. The maximum atomic E-state index is 11.6. The number of nitrogens with zero attached hydrogens (tertiary/aromatic N) is 3. The van der Waals surface area contributed by atoms with E-state index >= 15 is 0 Å². The predicted octanol–water partition coefficient (Wildman–Crippen LogP) is 0.547. The van der Waals surface area contributed by atoms with Crippen molar-refractivity contribution >= 4 is 23.2 Å². The first-order valence-electron chi connectivity index (χ1n) is 5.08. The largest absolute Gasteiger partial charge is 0.367 e. The van der Waals surface area contributed by atoms with Gasteiger partial charge in [0, 0.05) is 6.54 Å². The SMILES string of the molecule is Cc1cscc1CNC(=O)Cn1cnc(N)n1. The molecule has 0 aromatic carbocycles. The Balaban J connectivity index is 1.84. The summed E-state index contributed by atoms with van der Waals surface area (Å²) < 4.78 is 1.41. The van der Waals surface area contributed by atoms with Gasteiger partial charge in [0.2, 0.25) is 11.9 Å². The number of nitrogens with two attached hydrogens (primary N) is 1. The minimum atomic E-state index is -0.111. The summed E-state index contributed by atoms with van der Waals surface area (Å²) in [5.74, 6) is 0.0620. The Morgan fingerprint density at radius 3 is 3.00 bits per heavy atom. The maximum Gasteiger partial charge on any atom is 0.242 e. The van der Waals surface area contributed by atoms with Crippen molar-refractivity contribution in [3.8, 4) is 0 Å². The molecule has 2 aromatic heterocycles. The van der Waals surface area contributed by atoms with Crippen LogP contribution in [0, 0.1) is 6.92 Å². The Morgan fingerprint density at radius 2 is 2.41 bits per heavy atom. The van der Waals surface area contributed by atoms with E-state index in [-0.39, 0.29) is 18.4 Å². The molecular formula is C10H13N5OS. The molecule has 0 aliphatic rings. The van der Waals surface area contributed by atoms with Crippen LogP contribution in [0.1, 0.15) is 11.1 Å². The molecular weight excluding hydrogens is 238 g/mol. The highest BCUT2D eigenvalue weighted by atomic mass is 32.1. The number of carbonyl (C=O) groups is 1. The molecule has 0 spiro atoms. The van der Waals surface area contributed by atoms with Crippen LogP contribution in [0.4, 0.5) is 5.95 Å². The van der Waals surface area contributed by atoms with Crippen molar-refractivity contribution < 1.29 is 4.79 Å². The summed E-state index contributed by atoms with van der Waals surface area (Å²) in [6.45, 7) is 2.70. The number of thiophene rings is 1. The molecule has 0 unspecified atom stereocenters. The van der Waals surface area contributed by atoms with Gasteiger partial charge in [0.1, 0.15) is 12.9 Å². The molecule has 0 bridgehead atoms. The lowest BCUT2D eigenvalue weighted by Gasteiger charge is -2.04. The van der Waals surface area contributed by atoms with Crippen molar-refractivity contribution in [3.05, 3.63) is 28.2 Å². The first-order valence-corrected chi connectivity index (χ1v) is 6.02. The molecule has 6 nitrogen and oxygen atoms in total. The van der Waals surface area contributed by atoms with E-state index in [1.807, 2.05) is 12.3 Å². The molecule has 90 valence electrons. The molecule has 3 N–H and O–H groups in total. The second kappa shape index (κ2) is 4.96. The number of hydrogen-bond acceptors (Lipinski definition) is 5. The number of aryl methyl sites for hydroxylation is 1. The Morgan fingerprint density at radius 1 is 1.59 bits per heavy atom. The van der Waals surface area contributed by atoms with Crippen molar-refractivity contribution in [1.29, 1.82) is 0 Å². The highest BCUT2D eigenvalue weighted by molar-refractivity contribution is 7.08. The second-order valence-corrected chi connectivity index (χ2v) is 4.40. The molecule has 2 aromatic rings. The lowest BCUT2D eigenvalue weighted by atomic mass is 10.2. The van der Waals surface area contributed by atoms with Crippen LogP contribution < -0.4 is 11.1 Å². The number of nitrogens with one attached hydrogen (secondary N) is 1. The monoisotopic (exact) mass is 251 g/mol. The van der Waals surface area contributed by atoms with Crippen LogP contribution in [-0.2, 0) is 17.9 Å². The van der Waals surface area contributed by atoms with Crippen LogP contribution in [0.25, 0.3) is 0 Å². The molecule has 1 amide bonds. The van der Waals surface area contributed by atoms with Crippen molar-refractivity contribution in [2.75, 3.05) is 5.73 Å². The van der Waals surface area contributed by atoms with Crippen LogP contribution in [-0.4, -0.2) is 20.7 Å². The standard InChI is InChI=1S/C10H13N5OS/c1-7-4-17-5-8(7)2-12-9(16)3-15-6-13-10(11)14-15/h4-6H,2-3H2,1H3,(H2,11,14)(H,12,16). The van der Waals surface area contributed by atoms with Crippen molar-refractivity contribution in [3.63, 3.8) is 0 Å². The van der Waals surface area contributed by atoms with Crippen molar-refractivity contribution in [2.45, 2.75) is 20.0 Å². The normalized spacial score (nSPS) is 10.4. The van der Waals surface area contributed by atoms with Gasteiger partial charge in [-0.25, -0.2) is 9.67 Å². The summed E-state index contributed by atoms with van der Waals surface area (Å²) in [4.78, 5) is 15.3. The van der Waals surface area contributed by atoms with Crippen LogP contribution in [0.5, 0.6) is 0 Å². The molecule has 17 heavy (non-hydrogen) atoms.